The van der Waals surface area contributed by atoms with Gasteiger partial charge in [-0.05, 0) is 70.9 Å². The number of aliphatic hydroxyl groups excluding tert-OH is 2. The van der Waals surface area contributed by atoms with Crippen LogP contribution in [0.4, 0.5) is 4.79 Å². The van der Waals surface area contributed by atoms with Crippen molar-refractivity contribution >= 4 is 12.1 Å². The fourth-order valence-electron chi connectivity index (χ4n) is 6.24. The van der Waals surface area contributed by atoms with Crippen molar-refractivity contribution in [1.82, 2.24) is 10.2 Å². The maximum Gasteiger partial charge on any atom is 0.410 e. The molecule has 12 unspecified atom stereocenters. The highest BCUT2D eigenvalue weighted by Gasteiger charge is 2.45. The van der Waals surface area contributed by atoms with E-state index < -0.39 is 36.0 Å². The summed E-state index contributed by atoms with van der Waals surface area (Å²) in [6, 6.07) is 0.0683. The van der Waals surface area contributed by atoms with Crippen molar-refractivity contribution in [2.24, 2.45) is 17.8 Å². The van der Waals surface area contributed by atoms with Crippen LogP contribution in [-0.4, -0.2) is 99.7 Å². The number of piperazine rings is 1. The average Bonchev–Trinajstić information content (AvgIpc) is 3.75. The van der Waals surface area contributed by atoms with Crippen LogP contribution in [0.2, 0.25) is 0 Å². The third-order valence-corrected chi connectivity index (χ3v) is 9.57. The van der Waals surface area contributed by atoms with Gasteiger partial charge in [0.05, 0.1) is 30.8 Å². The van der Waals surface area contributed by atoms with Crippen LogP contribution in [0.5, 0.6) is 0 Å². The molecule has 4 N–H and O–H groups in total. The lowest BCUT2D eigenvalue weighted by Crippen LogP contribution is -2.57. The van der Waals surface area contributed by atoms with Crippen LogP contribution in [0, 0.1) is 17.8 Å². The van der Waals surface area contributed by atoms with Crippen LogP contribution < -0.4 is 5.32 Å². The normalized spacial score (nSPS) is 38.0. The van der Waals surface area contributed by atoms with Crippen molar-refractivity contribution in [2.45, 2.75) is 142 Å². The van der Waals surface area contributed by atoms with E-state index in [-0.39, 0.29) is 67.4 Å². The molecule has 0 aromatic heterocycles. The zero-order valence-electron chi connectivity index (χ0n) is 28.5. The number of nitrogens with zero attached hydrogens (tertiary/aromatic N) is 1. The summed E-state index contributed by atoms with van der Waals surface area (Å²) in [7, 11) is 0. The minimum absolute atomic E-state index is 0.0577. The van der Waals surface area contributed by atoms with E-state index in [4.69, 9.17) is 14.2 Å². The van der Waals surface area contributed by atoms with Gasteiger partial charge in [0.15, 0.2) is 6.10 Å². The number of epoxide rings is 1. The smallest absolute Gasteiger partial charge is 0.410 e. The first kappa shape index (κ1) is 37.2. The van der Waals surface area contributed by atoms with Crippen molar-refractivity contribution in [3.63, 3.8) is 0 Å². The number of rotatable bonds is 9. The standard InChI is InChI=1S/C35H58N2O8/c1-9-28(39)26(7)33-29(43-33)17-21(2)11-10-12-22(3)32-23(4)13-14-30(35(8,42)16-15-27(38)18-31(40)45-32)44-34(41)37-20-24(5)36-19-25(37)6/h10-14,21,23-30,32-33,36,38-39,42H,9,15-20H2,1-8H3/b11-10+,14-13+,22-12+. The molecule has 45 heavy (non-hydrogen) atoms. The maximum atomic E-state index is 13.3. The summed E-state index contributed by atoms with van der Waals surface area (Å²) in [4.78, 5) is 27.8. The lowest BCUT2D eigenvalue weighted by molar-refractivity contribution is -0.151. The lowest BCUT2D eigenvalue weighted by Gasteiger charge is -2.39. The fourth-order valence-corrected chi connectivity index (χ4v) is 6.24. The molecule has 256 valence electrons. The number of allylic oxidation sites excluding steroid dienone is 3. The Morgan fingerprint density at radius 3 is 2.67 bits per heavy atom. The van der Waals surface area contributed by atoms with E-state index in [1.807, 2.05) is 59.8 Å². The predicted octanol–water partition coefficient (Wildman–Crippen LogP) is 4.28. The van der Waals surface area contributed by atoms with E-state index in [0.717, 1.165) is 12.0 Å². The summed E-state index contributed by atoms with van der Waals surface area (Å²) in [5.41, 5.74) is -0.644. The van der Waals surface area contributed by atoms with Gasteiger partial charge in [0, 0.05) is 37.0 Å². The summed E-state index contributed by atoms with van der Waals surface area (Å²) in [6.07, 6.45) is 7.93. The van der Waals surface area contributed by atoms with E-state index in [2.05, 4.69) is 18.3 Å². The van der Waals surface area contributed by atoms with Gasteiger partial charge < -0.3 is 39.7 Å². The van der Waals surface area contributed by atoms with Crippen molar-refractivity contribution in [1.29, 1.82) is 0 Å². The second-order valence-electron chi connectivity index (χ2n) is 14.0. The highest BCUT2D eigenvalue weighted by atomic mass is 16.6. The number of carbonyl (C=O) groups excluding carboxylic acids is 2. The number of aliphatic hydroxyl groups is 3. The Bertz CT molecular complexity index is 1070. The van der Waals surface area contributed by atoms with E-state index in [0.29, 0.717) is 19.5 Å². The van der Waals surface area contributed by atoms with Crippen molar-refractivity contribution < 1.29 is 39.1 Å². The summed E-state index contributed by atoms with van der Waals surface area (Å²) >= 11 is 0. The monoisotopic (exact) mass is 634 g/mol. The Kier molecular flexibility index (Phi) is 13.7. The molecular weight excluding hydrogens is 576 g/mol. The first-order valence-corrected chi connectivity index (χ1v) is 16.8. The molecule has 1 amide bonds. The average molecular weight is 635 g/mol. The van der Waals surface area contributed by atoms with Gasteiger partial charge in [-0.1, -0.05) is 52.0 Å². The van der Waals surface area contributed by atoms with Gasteiger partial charge in [-0.25, -0.2) is 4.79 Å². The van der Waals surface area contributed by atoms with Crippen LogP contribution in [0.15, 0.2) is 36.0 Å². The summed E-state index contributed by atoms with van der Waals surface area (Å²) in [5.74, 6) is -0.457. The summed E-state index contributed by atoms with van der Waals surface area (Å²) in [6.45, 7) is 16.6. The Hall–Kier alpha value is -2.24. The Morgan fingerprint density at radius 2 is 1.98 bits per heavy atom. The molecule has 0 bridgehead atoms. The molecule has 10 nitrogen and oxygen atoms in total. The Labute approximate surface area is 269 Å². The van der Waals surface area contributed by atoms with Gasteiger partial charge in [-0.3, -0.25) is 4.79 Å². The SMILES string of the molecule is CCC(O)C(C)C1OC1CC(C)/C=C/C=C(\C)C1OC(=O)CC(O)CCC(C)(O)C(OC(=O)N2CC(C)NCC2C)/C=C/C1C. The van der Waals surface area contributed by atoms with Gasteiger partial charge in [-0.15, -0.1) is 0 Å². The number of nitrogens with one attached hydrogen (secondary N) is 1. The molecule has 12 atom stereocenters. The number of esters is 1. The maximum absolute atomic E-state index is 13.3. The minimum atomic E-state index is -1.46. The molecule has 3 aliphatic heterocycles. The molecule has 2 fully saturated rings. The number of hydrogen-bond acceptors (Lipinski definition) is 9. The fraction of sp³-hybridized carbons (Fsp3) is 0.771. The predicted molar refractivity (Wildman–Crippen MR) is 173 cm³/mol. The molecule has 0 aromatic carbocycles. The molecule has 2 saturated heterocycles. The number of cyclic esters (lactones) is 1. The van der Waals surface area contributed by atoms with Crippen molar-refractivity contribution in [2.75, 3.05) is 13.1 Å². The minimum Gasteiger partial charge on any atom is -0.457 e. The third-order valence-electron chi connectivity index (χ3n) is 9.57. The zero-order chi connectivity index (χ0) is 33.5. The number of ether oxygens (including phenoxy) is 3. The molecule has 0 saturated carbocycles. The van der Waals surface area contributed by atoms with Crippen molar-refractivity contribution in [3.05, 3.63) is 36.0 Å². The zero-order valence-corrected chi connectivity index (χ0v) is 28.5. The number of hydrogen-bond donors (Lipinski definition) is 4. The second-order valence-corrected chi connectivity index (χ2v) is 14.0. The molecule has 10 heteroatoms. The van der Waals surface area contributed by atoms with Crippen LogP contribution in [0.1, 0.15) is 87.5 Å². The molecule has 0 aromatic rings. The molecule has 3 heterocycles. The quantitative estimate of drug-likeness (QED) is 0.127. The molecule has 0 radical (unpaired) electrons. The largest absolute Gasteiger partial charge is 0.457 e. The van der Waals surface area contributed by atoms with Crippen LogP contribution in [-0.2, 0) is 19.0 Å². The van der Waals surface area contributed by atoms with E-state index in [1.165, 1.54) is 0 Å². The van der Waals surface area contributed by atoms with Crippen molar-refractivity contribution in [3.8, 4) is 0 Å². The second kappa shape index (κ2) is 16.5. The summed E-state index contributed by atoms with van der Waals surface area (Å²) < 4.78 is 17.6. The van der Waals surface area contributed by atoms with E-state index in [9.17, 15) is 24.9 Å². The third kappa shape index (κ3) is 10.9. The Balaban J connectivity index is 1.73. The highest BCUT2D eigenvalue weighted by Crippen LogP contribution is 2.36. The van der Waals surface area contributed by atoms with E-state index >= 15 is 0 Å². The molecule has 3 aliphatic rings. The topological polar surface area (TPSA) is 141 Å². The molecule has 0 spiro atoms. The highest BCUT2D eigenvalue weighted by molar-refractivity contribution is 5.70. The lowest BCUT2D eigenvalue weighted by atomic mass is 9.88. The van der Waals surface area contributed by atoms with Crippen LogP contribution >= 0.6 is 0 Å². The van der Waals surface area contributed by atoms with Gasteiger partial charge in [0.25, 0.3) is 0 Å². The van der Waals surface area contributed by atoms with Gasteiger partial charge >= 0.3 is 12.1 Å². The van der Waals surface area contributed by atoms with Crippen LogP contribution in [0.3, 0.4) is 0 Å². The summed E-state index contributed by atoms with van der Waals surface area (Å²) in [5, 5.41) is 35.5. The first-order valence-electron chi connectivity index (χ1n) is 16.8. The number of amides is 1. The molecular formula is C35H58N2O8. The van der Waals surface area contributed by atoms with Crippen LogP contribution in [0.25, 0.3) is 0 Å². The van der Waals surface area contributed by atoms with Gasteiger partial charge in [0.2, 0.25) is 0 Å². The van der Waals surface area contributed by atoms with Gasteiger partial charge in [-0.2, -0.15) is 0 Å². The Morgan fingerprint density at radius 1 is 1.27 bits per heavy atom. The number of carbonyl (C=O) groups is 2. The van der Waals surface area contributed by atoms with Gasteiger partial charge in [0.1, 0.15) is 11.7 Å². The molecule has 0 aliphatic carbocycles. The first-order chi connectivity index (χ1) is 21.1. The van der Waals surface area contributed by atoms with E-state index in [1.54, 1.807) is 17.9 Å². The molecule has 3 rings (SSSR count).